The van der Waals surface area contributed by atoms with E-state index in [1.165, 1.54) is 166 Å². The highest BCUT2D eigenvalue weighted by atomic mass is 14.4. The molecular formula is C78H60. The van der Waals surface area contributed by atoms with Crippen LogP contribution in [-0.4, -0.2) is 0 Å². The molecule has 0 fully saturated rings. The molecule has 0 bridgehead atoms. The monoisotopic (exact) mass is 996 g/mol. The predicted octanol–water partition coefficient (Wildman–Crippen LogP) is 21.0. The van der Waals surface area contributed by atoms with Crippen LogP contribution >= 0.6 is 0 Å². The van der Waals surface area contributed by atoms with Crippen LogP contribution in [-0.2, 0) is 21.7 Å². The molecule has 0 spiro atoms. The molecule has 0 aliphatic heterocycles. The summed E-state index contributed by atoms with van der Waals surface area (Å²) in [7, 11) is 0. The minimum atomic E-state index is -0.187. The second kappa shape index (κ2) is 15.6. The summed E-state index contributed by atoms with van der Waals surface area (Å²) in [4.78, 5) is 0. The summed E-state index contributed by atoms with van der Waals surface area (Å²) in [5.41, 5.74) is 31.8. The Hall–Kier alpha value is -8.58. The predicted molar refractivity (Wildman–Crippen MR) is 331 cm³/mol. The largest absolute Gasteiger partial charge is 0.0619 e. The first-order chi connectivity index (χ1) is 37.7. The van der Waals surface area contributed by atoms with Gasteiger partial charge < -0.3 is 0 Å². The molecule has 372 valence electrons. The summed E-state index contributed by atoms with van der Waals surface area (Å²) in [6, 6.07) is 84.3. The van der Waals surface area contributed by atoms with Crippen LogP contribution in [0, 0.1) is 0 Å². The van der Waals surface area contributed by atoms with Crippen molar-refractivity contribution in [1.82, 2.24) is 0 Å². The summed E-state index contributed by atoms with van der Waals surface area (Å²) < 4.78 is 0. The molecule has 0 unspecified atom stereocenters. The van der Waals surface area contributed by atoms with Crippen molar-refractivity contribution in [3.8, 4) is 89.0 Å². The molecule has 0 N–H and O–H groups in total. The van der Waals surface area contributed by atoms with Gasteiger partial charge in [0.25, 0.3) is 0 Å². The maximum absolute atomic E-state index is 2.51. The van der Waals surface area contributed by atoms with Crippen molar-refractivity contribution in [3.63, 3.8) is 0 Å². The van der Waals surface area contributed by atoms with Gasteiger partial charge in [0.15, 0.2) is 0 Å². The van der Waals surface area contributed by atoms with Crippen LogP contribution in [0.1, 0.15) is 99.9 Å². The van der Waals surface area contributed by atoms with E-state index in [0.29, 0.717) is 0 Å². The first-order valence-electron chi connectivity index (χ1n) is 28.1. The van der Waals surface area contributed by atoms with Gasteiger partial charge in [-0.05, 0) is 214 Å². The number of rotatable bonds is 4. The Kier molecular flexibility index (Phi) is 9.09. The Labute approximate surface area is 458 Å². The third-order valence-electron chi connectivity index (χ3n) is 19.7. The lowest BCUT2D eigenvalue weighted by Gasteiger charge is -2.24. The number of hydrogen-bond acceptors (Lipinski definition) is 0. The highest BCUT2D eigenvalue weighted by molar-refractivity contribution is 6.26. The number of fused-ring (bicyclic) bond motifs is 17. The van der Waals surface area contributed by atoms with Gasteiger partial charge in [-0.15, -0.1) is 0 Å². The van der Waals surface area contributed by atoms with Crippen molar-refractivity contribution >= 4 is 32.3 Å². The zero-order valence-electron chi connectivity index (χ0n) is 45.8. The van der Waals surface area contributed by atoms with E-state index in [9.17, 15) is 0 Å². The molecule has 0 saturated carbocycles. The van der Waals surface area contributed by atoms with E-state index >= 15 is 0 Å². The van der Waals surface area contributed by atoms with E-state index in [2.05, 4.69) is 274 Å². The maximum Gasteiger partial charge on any atom is 0.0159 e. The fourth-order valence-corrected chi connectivity index (χ4v) is 15.4. The molecule has 0 radical (unpaired) electrons. The van der Waals surface area contributed by atoms with Crippen LogP contribution in [0.25, 0.3) is 121 Å². The smallest absolute Gasteiger partial charge is 0.0159 e. The number of benzene rings is 12. The van der Waals surface area contributed by atoms with Gasteiger partial charge in [0, 0.05) is 21.7 Å². The third kappa shape index (κ3) is 6.07. The first-order valence-corrected chi connectivity index (χ1v) is 28.1. The first kappa shape index (κ1) is 45.6. The van der Waals surface area contributed by atoms with Crippen molar-refractivity contribution in [1.29, 1.82) is 0 Å². The molecule has 12 aromatic carbocycles. The van der Waals surface area contributed by atoms with Gasteiger partial charge in [-0.3, -0.25) is 0 Å². The molecule has 0 atom stereocenters. The van der Waals surface area contributed by atoms with Crippen molar-refractivity contribution in [3.05, 3.63) is 263 Å². The lowest BCUT2D eigenvalue weighted by molar-refractivity contribution is 0.659. The summed E-state index contributed by atoms with van der Waals surface area (Å²) in [5.74, 6) is 0. The van der Waals surface area contributed by atoms with Gasteiger partial charge in [-0.2, -0.15) is 0 Å². The average Bonchev–Trinajstić information content (AvgIpc) is 4.23. The Morgan fingerprint density at radius 3 is 0.769 bits per heavy atom. The average molecular weight is 997 g/mol. The molecule has 0 aromatic heterocycles. The Morgan fingerprint density at radius 1 is 0.192 bits per heavy atom. The van der Waals surface area contributed by atoms with Gasteiger partial charge >= 0.3 is 0 Å². The van der Waals surface area contributed by atoms with E-state index in [0.717, 1.165) is 0 Å². The maximum atomic E-state index is 2.51. The summed E-state index contributed by atoms with van der Waals surface area (Å²) in [6.07, 6.45) is 0. The summed E-state index contributed by atoms with van der Waals surface area (Å²) >= 11 is 0. The van der Waals surface area contributed by atoms with Crippen LogP contribution in [0.15, 0.2) is 218 Å². The molecule has 16 rings (SSSR count). The molecule has 4 aliphatic carbocycles. The molecule has 0 saturated heterocycles. The van der Waals surface area contributed by atoms with Gasteiger partial charge in [0.2, 0.25) is 0 Å². The van der Waals surface area contributed by atoms with Gasteiger partial charge in [0.05, 0.1) is 0 Å². The van der Waals surface area contributed by atoms with Crippen LogP contribution in [0.3, 0.4) is 0 Å². The van der Waals surface area contributed by atoms with Crippen molar-refractivity contribution in [2.45, 2.75) is 77.0 Å². The fraction of sp³-hybridized carbons (Fsp3) is 0.154. The summed E-state index contributed by atoms with van der Waals surface area (Å²) in [6.45, 7) is 19.2. The van der Waals surface area contributed by atoms with E-state index in [4.69, 9.17) is 0 Å². The standard InChI is InChI=1S/C78H60/c1-75(2)66-23-15-13-19-54(66)56-31-25-45(39-68(56)75)47-27-33-58-60-35-29-49(43-72(60)77(5,6)70(58)41-47)64-37-51-38-65(53-18-10-12-22-63(53)74(51)62-21-11-9-17-52(62)64)50-30-36-61-59-34-28-48(42-71(59)78(7,8)73(61)44-50)46-26-32-57-55-20-14-16-24-67(55)76(3,4)69(57)40-46/h9-44H,1-8H3. The topological polar surface area (TPSA) is 0 Å². The van der Waals surface area contributed by atoms with Gasteiger partial charge in [0.1, 0.15) is 0 Å². The Bertz CT molecular complexity index is 4370. The summed E-state index contributed by atoms with van der Waals surface area (Å²) in [5, 5.41) is 7.72. The highest BCUT2D eigenvalue weighted by Gasteiger charge is 2.40. The van der Waals surface area contributed by atoms with E-state index in [1.807, 2.05) is 0 Å². The third-order valence-corrected chi connectivity index (χ3v) is 19.7. The second-order valence-electron chi connectivity index (χ2n) is 25.2. The molecule has 4 aliphatic rings. The quantitative estimate of drug-likeness (QED) is 0.154. The molecule has 0 heteroatoms. The van der Waals surface area contributed by atoms with E-state index in [-0.39, 0.29) is 21.7 Å². The molecule has 0 amide bonds. The van der Waals surface area contributed by atoms with Crippen molar-refractivity contribution in [2.24, 2.45) is 0 Å². The zero-order valence-corrected chi connectivity index (χ0v) is 45.8. The molecule has 78 heavy (non-hydrogen) atoms. The normalized spacial score (nSPS) is 15.8. The lowest BCUT2D eigenvalue weighted by Crippen LogP contribution is -2.15. The highest BCUT2D eigenvalue weighted by Crippen LogP contribution is 2.56. The Morgan fingerprint density at radius 2 is 0.436 bits per heavy atom. The lowest BCUT2D eigenvalue weighted by atomic mass is 9.79. The molecular weight excluding hydrogens is 937 g/mol. The Balaban J connectivity index is 0.775. The van der Waals surface area contributed by atoms with Crippen molar-refractivity contribution < 1.29 is 0 Å². The zero-order chi connectivity index (χ0) is 52.8. The SMILES string of the molecule is CC1(C)c2ccccc2-c2ccc(-c3ccc4c(c3)C(C)(C)c3cc(-c5cc6cc(-c7ccc8c(c7)C(C)(C)c7cc(-c9ccc%10c(c9)C(C)(C)c9ccccc9-%10)ccc7-8)c7ccccc7c6c6ccccc56)ccc3-4)cc21. The fourth-order valence-electron chi connectivity index (χ4n) is 15.4. The minimum Gasteiger partial charge on any atom is -0.0619 e. The molecule has 0 nitrogen and oxygen atoms in total. The van der Waals surface area contributed by atoms with E-state index in [1.54, 1.807) is 0 Å². The van der Waals surface area contributed by atoms with Crippen LogP contribution < -0.4 is 0 Å². The molecule has 12 aromatic rings. The van der Waals surface area contributed by atoms with Crippen LogP contribution in [0.5, 0.6) is 0 Å². The van der Waals surface area contributed by atoms with Crippen LogP contribution in [0.2, 0.25) is 0 Å². The molecule has 0 heterocycles. The van der Waals surface area contributed by atoms with Gasteiger partial charge in [-0.1, -0.05) is 225 Å². The van der Waals surface area contributed by atoms with Crippen molar-refractivity contribution in [2.75, 3.05) is 0 Å². The minimum absolute atomic E-state index is 0.0408. The van der Waals surface area contributed by atoms with Crippen LogP contribution in [0.4, 0.5) is 0 Å². The number of hydrogen-bond donors (Lipinski definition) is 0. The van der Waals surface area contributed by atoms with Gasteiger partial charge in [-0.25, -0.2) is 0 Å². The second-order valence-corrected chi connectivity index (χ2v) is 25.2. The van der Waals surface area contributed by atoms with E-state index < -0.39 is 0 Å².